The molecule has 2 aromatic rings. The number of aryl methyl sites for hydroxylation is 1. The van der Waals surface area contributed by atoms with Crippen molar-refractivity contribution in [2.45, 2.75) is 19.4 Å². The Balaban J connectivity index is 2.43. The molecule has 3 N–H and O–H groups in total. The van der Waals surface area contributed by atoms with E-state index in [1.54, 1.807) is 0 Å². The number of para-hydroxylation sites is 1. The Morgan fingerprint density at radius 1 is 1.50 bits per heavy atom. The molecule has 4 nitrogen and oxygen atoms in total. The Bertz CT molecular complexity index is 530. The summed E-state index contributed by atoms with van der Waals surface area (Å²) < 4.78 is 5.53. The smallest absolute Gasteiger partial charge is 0.320 e. The highest BCUT2D eigenvalue weighted by molar-refractivity contribution is 5.83. The molecule has 0 unspecified atom stereocenters. The highest BCUT2D eigenvalue weighted by Gasteiger charge is 2.17. The Hall–Kier alpha value is -1.81. The van der Waals surface area contributed by atoms with Gasteiger partial charge in [-0.05, 0) is 13.0 Å². The lowest BCUT2D eigenvalue weighted by Crippen LogP contribution is -2.32. The third-order valence-electron chi connectivity index (χ3n) is 2.64. The largest absolute Gasteiger partial charge is 0.480 e. The monoisotopic (exact) mass is 219 g/mol. The van der Waals surface area contributed by atoms with Gasteiger partial charge in [-0.1, -0.05) is 18.2 Å². The van der Waals surface area contributed by atoms with E-state index in [1.807, 2.05) is 31.2 Å². The first-order valence-corrected chi connectivity index (χ1v) is 5.05. The minimum atomic E-state index is -0.996. The average molecular weight is 219 g/mol. The van der Waals surface area contributed by atoms with Gasteiger partial charge in [0.05, 0.1) is 0 Å². The first-order chi connectivity index (χ1) is 7.59. The molecule has 0 saturated carbocycles. The molecule has 0 bridgehead atoms. The number of hydrogen-bond acceptors (Lipinski definition) is 3. The normalized spacial score (nSPS) is 12.9. The molecule has 0 spiro atoms. The van der Waals surface area contributed by atoms with Crippen LogP contribution in [-0.4, -0.2) is 17.1 Å². The summed E-state index contributed by atoms with van der Waals surface area (Å²) in [5, 5.41) is 9.73. The van der Waals surface area contributed by atoms with Crippen LogP contribution in [0.4, 0.5) is 0 Å². The summed E-state index contributed by atoms with van der Waals surface area (Å²) in [7, 11) is 0. The van der Waals surface area contributed by atoms with Gasteiger partial charge >= 0.3 is 5.97 Å². The number of benzene rings is 1. The number of furan rings is 1. The maximum absolute atomic E-state index is 10.7. The van der Waals surface area contributed by atoms with Crippen molar-refractivity contribution in [3.63, 3.8) is 0 Å². The van der Waals surface area contributed by atoms with Crippen molar-refractivity contribution in [1.29, 1.82) is 0 Å². The lowest BCUT2D eigenvalue weighted by molar-refractivity contribution is -0.138. The quantitative estimate of drug-likeness (QED) is 0.823. The maximum Gasteiger partial charge on any atom is 0.320 e. The second-order valence-electron chi connectivity index (χ2n) is 3.78. The van der Waals surface area contributed by atoms with Crippen molar-refractivity contribution in [3.05, 3.63) is 35.6 Å². The number of nitrogens with two attached hydrogens (primary N) is 1. The summed E-state index contributed by atoms with van der Waals surface area (Å²) in [5.74, 6) is -0.261. The molecule has 1 heterocycles. The highest BCUT2D eigenvalue weighted by Crippen LogP contribution is 2.25. The summed E-state index contributed by atoms with van der Waals surface area (Å²) in [6, 6.07) is 6.66. The van der Waals surface area contributed by atoms with Crippen LogP contribution in [0.25, 0.3) is 11.0 Å². The summed E-state index contributed by atoms with van der Waals surface area (Å²) in [6.07, 6.45) is 0.290. The van der Waals surface area contributed by atoms with Crippen molar-refractivity contribution >= 4 is 16.9 Å². The molecule has 0 aliphatic carbocycles. The molecular weight excluding hydrogens is 206 g/mol. The van der Waals surface area contributed by atoms with E-state index in [2.05, 4.69) is 0 Å². The molecule has 0 saturated heterocycles. The first-order valence-electron chi connectivity index (χ1n) is 5.05. The zero-order valence-corrected chi connectivity index (χ0v) is 8.93. The lowest BCUT2D eigenvalue weighted by Gasteiger charge is -2.05. The summed E-state index contributed by atoms with van der Waals surface area (Å²) >= 11 is 0. The molecule has 0 fully saturated rings. The van der Waals surface area contributed by atoms with Gasteiger partial charge in [-0.15, -0.1) is 0 Å². The molecule has 0 radical (unpaired) electrons. The van der Waals surface area contributed by atoms with Crippen molar-refractivity contribution in [3.8, 4) is 0 Å². The third-order valence-corrected chi connectivity index (χ3v) is 2.64. The Labute approximate surface area is 92.7 Å². The van der Waals surface area contributed by atoms with Gasteiger partial charge in [-0.3, -0.25) is 4.79 Å². The van der Waals surface area contributed by atoms with Crippen molar-refractivity contribution in [1.82, 2.24) is 0 Å². The number of carbonyl (C=O) groups is 1. The van der Waals surface area contributed by atoms with E-state index in [0.29, 0.717) is 0 Å². The van der Waals surface area contributed by atoms with Gasteiger partial charge in [-0.2, -0.15) is 0 Å². The number of carboxylic acid groups (broad SMARTS) is 1. The molecular formula is C12H13NO3. The van der Waals surface area contributed by atoms with E-state index in [1.165, 1.54) is 0 Å². The van der Waals surface area contributed by atoms with Crippen LogP contribution >= 0.6 is 0 Å². The van der Waals surface area contributed by atoms with Gasteiger partial charge in [0.1, 0.15) is 17.4 Å². The predicted octanol–water partition coefficient (Wildman–Crippen LogP) is 1.70. The number of hydrogen-bond donors (Lipinski definition) is 2. The predicted molar refractivity (Wildman–Crippen MR) is 60.3 cm³/mol. The molecule has 4 heteroatoms. The van der Waals surface area contributed by atoms with E-state index >= 15 is 0 Å². The zero-order valence-electron chi connectivity index (χ0n) is 8.93. The van der Waals surface area contributed by atoms with E-state index in [9.17, 15) is 4.79 Å². The van der Waals surface area contributed by atoms with E-state index in [-0.39, 0.29) is 6.42 Å². The lowest BCUT2D eigenvalue weighted by atomic mass is 10.0. The Morgan fingerprint density at radius 2 is 2.19 bits per heavy atom. The maximum atomic E-state index is 10.7. The van der Waals surface area contributed by atoms with Crippen LogP contribution in [-0.2, 0) is 11.2 Å². The number of fused-ring (bicyclic) bond motifs is 1. The second-order valence-corrected chi connectivity index (χ2v) is 3.78. The zero-order chi connectivity index (χ0) is 11.7. The fourth-order valence-corrected chi connectivity index (χ4v) is 1.78. The first kappa shape index (κ1) is 10.7. The highest BCUT2D eigenvalue weighted by atomic mass is 16.4. The van der Waals surface area contributed by atoms with Gasteiger partial charge in [0.25, 0.3) is 0 Å². The van der Waals surface area contributed by atoms with Crippen LogP contribution in [0.1, 0.15) is 11.3 Å². The fourth-order valence-electron chi connectivity index (χ4n) is 1.78. The topological polar surface area (TPSA) is 76.5 Å². The van der Waals surface area contributed by atoms with Gasteiger partial charge in [-0.25, -0.2) is 0 Å². The molecule has 84 valence electrons. The van der Waals surface area contributed by atoms with Crippen LogP contribution in [0, 0.1) is 6.92 Å². The van der Waals surface area contributed by atoms with E-state index in [4.69, 9.17) is 15.3 Å². The van der Waals surface area contributed by atoms with Gasteiger partial charge in [0.2, 0.25) is 0 Å². The fraction of sp³-hybridized carbons (Fsp3) is 0.250. The molecule has 2 rings (SSSR count). The average Bonchev–Trinajstić information content (AvgIpc) is 2.55. The van der Waals surface area contributed by atoms with Crippen LogP contribution in [0.3, 0.4) is 0 Å². The van der Waals surface area contributed by atoms with E-state index in [0.717, 1.165) is 22.3 Å². The van der Waals surface area contributed by atoms with Crippen molar-refractivity contribution in [2.24, 2.45) is 5.73 Å². The number of rotatable bonds is 3. The van der Waals surface area contributed by atoms with Crippen LogP contribution in [0.5, 0.6) is 0 Å². The molecule has 16 heavy (non-hydrogen) atoms. The third kappa shape index (κ3) is 1.79. The van der Waals surface area contributed by atoms with Crippen molar-refractivity contribution in [2.75, 3.05) is 0 Å². The summed E-state index contributed by atoms with van der Waals surface area (Å²) in [5.41, 5.74) is 7.18. The van der Waals surface area contributed by atoms with Crippen molar-refractivity contribution < 1.29 is 14.3 Å². The molecule has 0 aliphatic rings. The summed E-state index contributed by atoms with van der Waals surface area (Å²) in [4.78, 5) is 10.7. The second kappa shape index (κ2) is 3.98. The Morgan fingerprint density at radius 3 is 2.88 bits per heavy atom. The van der Waals surface area contributed by atoms with Crippen LogP contribution in [0.2, 0.25) is 0 Å². The van der Waals surface area contributed by atoms with Gasteiger partial charge in [0, 0.05) is 17.4 Å². The van der Waals surface area contributed by atoms with Gasteiger partial charge in [0.15, 0.2) is 0 Å². The molecule has 1 aromatic heterocycles. The standard InChI is InChI=1S/C12H13NO3/c1-7-9(6-10(13)12(14)15)8-4-2-3-5-11(8)16-7/h2-5,10H,6,13H2,1H3,(H,14,15)/t10-/m1/s1. The SMILES string of the molecule is Cc1oc2ccccc2c1C[C@@H](N)C(=O)O. The van der Waals surface area contributed by atoms with Gasteiger partial charge < -0.3 is 15.3 Å². The molecule has 0 amide bonds. The minimum absolute atomic E-state index is 0.290. The van der Waals surface area contributed by atoms with Crippen LogP contribution in [0.15, 0.2) is 28.7 Å². The number of aliphatic carboxylic acids is 1. The molecule has 1 atom stereocenters. The van der Waals surface area contributed by atoms with Crippen LogP contribution < -0.4 is 5.73 Å². The number of carboxylic acids is 1. The summed E-state index contributed by atoms with van der Waals surface area (Å²) in [6.45, 7) is 1.82. The Kier molecular flexibility index (Phi) is 2.66. The molecule has 1 aromatic carbocycles. The minimum Gasteiger partial charge on any atom is -0.480 e. The molecule has 0 aliphatic heterocycles. The van der Waals surface area contributed by atoms with E-state index < -0.39 is 12.0 Å².